The van der Waals surface area contributed by atoms with Crippen LogP contribution in [0.2, 0.25) is 0 Å². The third-order valence-corrected chi connectivity index (χ3v) is 4.27. The van der Waals surface area contributed by atoms with Crippen LogP contribution in [0.5, 0.6) is 0 Å². The summed E-state index contributed by atoms with van der Waals surface area (Å²) in [6, 6.07) is 0.869. The highest BCUT2D eigenvalue weighted by molar-refractivity contribution is 5.78. The number of carboxylic acids is 1. The van der Waals surface area contributed by atoms with Crippen LogP contribution in [0.4, 0.5) is 0 Å². The van der Waals surface area contributed by atoms with Crippen LogP contribution >= 0.6 is 0 Å². The molecule has 1 aliphatic rings. The molecule has 0 bridgehead atoms. The number of ether oxygens (including phenoxy) is 1. The summed E-state index contributed by atoms with van der Waals surface area (Å²) in [5, 5.41) is 12.9. The monoisotopic (exact) mass is 300 g/mol. The maximum atomic E-state index is 11.7. The van der Waals surface area contributed by atoms with Crippen LogP contribution < -0.4 is 5.32 Å². The van der Waals surface area contributed by atoms with Crippen LogP contribution in [-0.4, -0.2) is 60.4 Å². The molecule has 0 radical (unpaired) electrons. The molecule has 0 aromatic heterocycles. The maximum absolute atomic E-state index is 11.7. The van der Waals surface area contributed by atoms with Crippen LogP contribution in [0, 0.1) is 0 Å². The molecule has 21 heavy (non-hydrogen) atoms. The van der Waals surface area contributed by atoms with Crippen LogP contribution in [-0.2, 0) is 9.53 Å². The first-order valence-electron chi connectivity index (χ1n) is 8.19. The number of rotatable bonds is 12. The first-order chi connectivity index (χ1) is 9.95. The third kappa shape index (κ3) is 5.93. The smallest absolute Gasteiger partial charge is 0.323 e. The highest BCUT2D eigenvalue weighted by atomic mass is 16.5. The maximum Gasteiger partial charge on any atom is 0.323 e. The van der Waals surface area contributed by atoms with Gasteiger partial charge in [0.25, 0.3) is 0 Å². The molecule has 1 rings (SSSR count). The van der Waals surface area contributed by atoms with Crippen molar-refractivity contribution in [2.45, 2.75) is 70.5 Å². The third-order valence-electron chi connectivity index (χ3n) is 4.27. The molecule has 5 nitrogen and oxygen atoms in total. The highest BCUT2D eigenvalue weighted by Gasteiger charge is 2.37. The van der Waals surface area contributed by atoms with E-state index in [2.05, 4.69) is 10.2 Å². The average molecular weight is 300 g/mol. The lowest BCUT2D eigenvalue weighted by Crippen LogP contribution is -2.54. The molecule has 1 fully saturated rings. The summed E-state index contributed by atoms with van der Waals surface area (Å²) in [6.45, 7) is 8.62. The number of nitrogens with zero attached hydrogens (tertiary/aromatic N) is 1. The summed E-state index contributed by atoms with van der Waals surface area (Å²) < 4.78 is 5.16. The Morgan fingerprint density at radius 3 is 2.52 bits per heavy atom. The average Bonchev–Trinajstić information content (AvgIpc) is 3.25. The zero-order chi connectivity index (χ0) is 15.9. The zero-order valence-electron chi connectivity index (χ0n) is 14.0. The van der Waals surface area contributed by atoms with Gasteiger partial charge in [0.15, 0.2) is 0 Å². The van der Waals surface area contributed by atoms with Crippen molar-refractivity contribution in [2.75, 3.05) is 26.8 Å². The van der Waals surface area contributed by atoms with Gasteiger partial charge in [0.05, 0.1) is 6.61 Å². The van der Waals surface area contributed by atoms with Gasteiger partial charge in [-0.05, 0) is 52.5 Å². The molecule has 0 aliphatic heterocycles. The van der Waals surface area contributed by atoms with Gasteiger partial charge < -0.3 is 9.84 Å². The van der Waals surface area contributed by atoms with E-state index in [4.69, 9.17) is 4.74 Å². The van der Waals surface area contributed by atoms with Crippen molar-refractivity contribution in [3.63, 3.8) is 0 Å². The molecule has 0 aromatic carbocycles. The Morgan fingerprint density at radius 1 is 1.43 bits per heavy atom. The van der Waals surface area contributed by atoms with Gasteiger partial charge in [0.2, 0.25) is 0 Å². The molecule has 1 saturated carbocycles. The lowest BCUT2D eigenvalue weighted by atomic mass is 9.89. The second-order valence-electron chi connectivity index (χ2n) is 6.40. The molecular formula is C16H32N2O3. The molecule has 5 heteroatoms. The van der Waals surface area contributed by atoms with Gasteiger partial charge in [-0.2, -0.15) is 0 Å². The second kappa shape index (κ2) is 8.71. The number of hydrogen-bond acceptors (Lipinski definition) is 4. The standard InChI is InChI=1S/C16H32N2O3/c1-5-16(15(19)20,17-13(2)3)9-6-10-18(11-12-21-4)14-7-8-14/h13-14,17H,5-12H2,1-4H3,(H,19,20). The molecule has 0 spiro atoms. The summed E-state index contributed by atoms with van der Waals surface area (Å²) in [4.78, 5) is 14.1. The Balaban J connectivity index is 2.49. The van der Waals surface area contributed by atoms with Gasteiger partial charge in [-0.1, -0.05) is 6.92 Å². The molecule has 1 unspecified atom stereocenters. The van der Waals surface area contributed by atoms with Crippen molar-refractivity contribution in [3.8, 4) is 0 Å². The van der Waals surface area contributed by atoms with E-state index < -0.39 is 11.5 Å². The Bertz CT molecular complexity index is 319. The fraction of sp³-hybridized carbons (Fsp3) is 0.938. The number of carbonyl (C=O) groups is 1. The number of aliphatic carboxylic acids is 1. The predicted octanol–water partition coefficient (Wildman–Crippen LogP) is 2.11. The number of carboxylic acid groups (broad SMARTS) is 1. The summed E-state index contributed by atoms with van der Waals surface area (Å²) in [7, 11) is 1.73. The molecule has 124 valence electrons. The van der Waals surface area contributed by atoms with Crippen molar-refractivity contribution in [1.29, 1.82) is 0 Å². The number of hydrogen-bond donors (Lipinski definition) is 2. The van der Waals surface area contributed by atoms with E-state index in [0.29, 0.717) is 18.9 Å². The lowest BCUT2D eigenvalue weighted by Gasteiger charge is -2.32. The molecule has 0 amide bonds. The Kier molecular flexibility index (Phi) is 7.63. The molecule has 2 N–H and O–H groups in total. The van der Waals surface area contributed by atoms with Gasteiger partial charge in [-0.3, -0.25) is 15.0 Å². The molecular weight excluding hydrogens is 268 g/mol. The van der Waals surface area contributed by atoms with Crippen LogP contribution in [0.25, 0.3) is 0 Å². The molecule has 0 aromatic rings. The van der Waals surface area contributed by atoms with Gasteiger partial charge in [0.1, 0.15) is 5.54 Å². The van der Waals surface area contributed by atoms with E-state index in [1.165, 1.54) is 12.8 Å². The minimum absolute atomic E-state index is 0.175. The van der Waals surface area contributed by atoms with E-state index in [1.807, 2.05) is 20.8 Å². The van der Waals surface area contributed by atoms with E-state index in [9.17, 15) is 9.90 Å². The lowest BCUT2D eigenvalue weighted by molar-refractivity contribution is -0.145. The van der Waals surface area contributed by atoms with Gasteiger partial charge in [-0.15, -0.1) is 0 Å². The topological polar surface area (TPSA) is 61.8 Å². The number of nitrogens with one attached hydrogen (secondary N) is 1. The van der Waals surface area contributed by atoms with Crippen molar-refractivity contribution < 1.29 is 14.6 Å². The van der Waals surface area contributed by atoms with Crippen molar-refractivity contribution in [3.05, 3.63) is 0 Å². The summed E-state index contributed by atoms with van der Waals surface area (Å²) >= 11 is 0. The second-order valence-corrected chi connectivity index (χ2v) is 6.40. The SMILES string of the molecule is CCC(CCCN(CCOC)C1CC1)(NC(C)C)C(=O)O. The zero-order valence-corrected chi connectivity index (χ0v) is 14.0. The molecule has 0 heterocycles. The first kappa shape index (κ1) is 18.4. The summed E-state index contributed by atoms with van der Waals surface area (Å²) in [5.74, 6) is -0.728. The predicted molar refractivity (Wildman–Crippen MR) is 84.6 cm³/mol. The van der Waals surface area contributed by atoms with Gasteiger partial charge in [-0.25, -0.2) is 0 Å². The van der Waals surface area contributed by atoms with Crippen LogP contribution in [0.15, 0.2) is 0 Å². The van der Waals surface area contributed by atoms with Crippen LogP contribution in [0.1, 0.15) is 52.9 Å². The van der Waals surface area contributed by atoms with E-state index in [0.717, 1.165) is 26.1 Å². The van der Waals surface area contributed by atoms with Crippen LogP contribution in [0.3, 0.4) is 0 Å². The van der Waals surface area contributed by atoms with Gasteiger partial charge in [0, 0.05) is 25.7 Å². The minimum Gasteiger partial charge on any atom is -0.480 e. The number of methoxy groups -OCH3 is 1. The highest BCUT2D eigenvalue weighted by Crippen LogP contribution is 2.27. The van der Waals surface area contributed by atoms with Crippen molar-refractivity contribution in [1.82, 2.24) is 10.2 Å². The Hall–Kier alpha value is -0.650. The Morgan fingerprint density at radius 2 is 2.10 bits per heavy atom. The molecule has 0 saturated heterocycles. The van der Waals surface area contributed by atoms with E-state index in [1.54, 1.807) is 7.11 Å². The minimum atomic E-state index is -0.787. The summed E-state index contributed by atoms with van der Waals surface area (Å²) in [5.41, 5.74) is -0.787. The quantitative estimate of drug-likeness (QED) is 0.578. The largest absolute Gasteiger partial charge is 0.480 e. The van der Waals surface area contributed by atoms with E-state index in [-0.39, 0.29) is 6.04 Å². The molecule has 1 aliphatic carbocycles. The van der Waals surface area contributed by atoms with Crippen molar-refractivity contribution in [2.24, 2.45) is 0 Å². The fourth-order valence-electron chi connectivity index (χ4n) is 2.93. The normalized spacial score (nSPS) is 18.2. The molecule has 1 atom stereocenters. The summed E-state index contributed by atoms with van der Waals surface area (Å²) in [6.07, 6.45) is 4.73. The van der Waals surface area contributed by atoms with Gasteiger partial charge >= 0.3 is 5.97 Å². The van der Waals surface area contributed by atoms with E-state index >= 15 is 0 Å². The first-order valence-corrected chi connectivity index (χ1v) is 8.19. The van der Waals surface area contributed by atoms with Crippen molar-refractivity contribution >= 4 is 5.97 Å². The fourth-order valence-corrected chi connectivity index (χ4v) is 2.93. The Labute approximate surface area is 129 Å².